The molecule has 2 aromatic heterocycles. The van der Waals surface area contributed by atoms with Gasteiger partial charge in [-0.05, 0) is 30.3 Å². The Hall–Kier alpha value is -2.01. The highest BCUT2D eigenvalue weighted by atomic mass is 32.1. The number of pyridine rings is 1. The maximum Gasteiger partial charge on any atom is 0.214 e. The van der Waals surface area contributed by atoms with Gasteiger partial charge in [0.1, 0.15) is 5.82 Å². The van der Waals surface area contributed by atoms with Crippen LogP contribution in [-0.4, -0.2) is 9.97 Å². The van der Waals surface area contributed by atoms with Crippen LogP contribution in [0.3, 0.4) is 0 Å². The Kier molecular flexibility index (Phi) is 2.45. The van der Waals surface area contributed by atoms with Crippen molar-refractivity contribution in [1.29, 1.82) is 0 Å². The predicted octanol–water partition coefficient (Wildman–Crippen LogP) is 3.57. The second-order valence-electron chi connectivity index (χ2n) is 3.51. The number of aromatic nitrogens is 2. The molecule has 1 N–H and O–H groups in total. The molecule has 1 aromatic carbocycles. The number of hydrogen-bond donors (Lipinski definition) is 1. The molecule has 3 aromatic rings. The Morgan fingerprint density at radius 3 is 3.00 bits per heavy atom. The Morgan fingerprint density at radius 2 is 2.12 bits per heavy atom. The smallest absolute Gasteiger partial charge is 0.214 e. The summed E-state index contributed by atoms with van der Waals surface area (Å²) >= 11 is 1.57. The monoisotopic (exact) mass is 245 g/mol. The SMILES string of the molecule is Fc1cccc(Nc2ccc3ncsc3c2)n1. The van der Waals surface area contributed by atoms with E-state index in [2.05, 4.69) is 15.3 Å². The quantitative estimate of drug-likeness (QED) is 0.701. The molecule has 3 rings (SSSR count). The maximum atomic E-state index is 12.9. The molecule has 0 radical (unpaired) electrons. The summed E-state index contributed by atoms with van der Waals surface area (Å²) in [5.41, 5.74) is 3.64. The number of rotatable bonds is 2. The Labute approximate surface area is 101 Å². The van der Waals surface area contributed by atoms with E-state index in [0.29, 0.717) is 5.82 Å². The fourth-order valence-electron chi connectivity index (χ4n) is 1.56. The first-order valence-corrected chi connectivity index (χ1v) is 5.92. The van der Waals surface area contributed by atoms with E-state index in [1.165, 1.54) is 6.07 Å². The predicted molar refractivity (Wildman–Crippen MR) is 67.1 cm³/mol. The van der Waals surface area contributed by atoms with Crippen LogP contribution in [0.25, 0.3) is 10.2 Å². The fraction of sp³-hybridized carbons (Fsp3) is 0. The minimum absolute atomic E-state index is 0.492. The van der Waals surface area contributed by atoms with E-state index < -0.39 is 5.95 Å². The lowest BCUT2D eigenvalue weighted by atomic mass is 10.3. The maximum absolute atomic E-state index is 12.9. The molecule has 3 nitrogen and oxygen atoms in total. The summed E-state index contributed by atoms with van der Waals surface area (Å²) in [6, 6.07) is 10.5. The van der Waals surface area contributed by atoms with E-state index in [1.54, 1.807) is 29.0 Å². The molecule has 5 heteroatoms. The number of fused-ring (bicyclic) bond motifs is 1. The first kappa shape index (κ1) is 10.2. The van der Waals surface area contributed by atoms with Gasteiger partial charge in [0.15, 0.2) is 0 Å². The average Bonchev–Trinajstić information content (AvgIpc) is 2.76. The molecule has 17 heavy (non-hydrogen) atoms. The molecule has 0 fully saturated rings. The number of thiazole rings is 1. The van der Waals surface area contributed by atoms with Crippen LogP contribution in [0.1, 0.15) is 0 Å². The summed E-state index contributed by atoms with van der Waals surface area (Å²) in [5.74, 6) is 0.00253. The zero-order valence-corrected chi connectivity index (χ0v) is 9.54. The Bertz CT molecular complexity index is 665. The van der Waals surface area contributed by atoms with Crippen molar-refractivity contribution in [2.45, 2.75) is 0 Å². The van der Waals surface area contributed by atoms with Gasteiger partial charge in [-0.2, -0.15) is 4.39 Å². The van der Waals surface area contributed by atoms with Gasteiger partial charge < -0.3 is 5.32 Å². The van der Waals surface area contributed by atoms with Crippen molar-refractivity contribution >= 4 is 33.1 Å². The summed E-state index contributed by atoms with van der Waals surface area (Å²) in [6.45, 7) is 0. The normalized spacial score (nSPS) is 10.6. The number of nitrogens with one attached hydrogen (secondary N) is 1. The van der Waals surface area contributed by atoms with Crippen LogP contribution in [0.5, 0.6) is 0 Å². The molecule has 0 spiro atoms. The van der Waals surface area contributed by atoms with Gasteiger partial charge in [0.2, 0.25) is 5.95 Å². The molecule has 0 atom stereocenters. The second kappa shape index (κ2) is 4.10. The van der Waals surface area contributed by atoms with Gasteiger partial charge in [-0.3, -0.25) is 0 Å². The minimum atomic E-state index is -0.492. The van der Waals surface area contributed by atoms with E-state index in [0.717, 1.165) is 15.9 Å². The average molecular weight is 245 g/mol. The highest BCUT2D eigenvalue weighted by Gasteiger charge is 2.00. The van der Waals surface area contributed by atoms with E-state index in [1.807, 2.05) is 18.2 Å². The summed E-state index contributed by atoms with van der Waals surface area (Å²) < 4.78 is 14.0. The Morgan fingerprint density at radius 1 is 1.18 bits per heavy atom. The summed E-state index contributed by atoms with van der Waals surface area (Å²) in [4.78, 5) is 7.94. The lowest BCUT2D eigenvalue weighted by molar-refractivity contribution is 0.585. The number of benzene rings is 1. The molecule has 0 bridgehead atoms. The summed E-state index contributed by atoms with van der Waals surface area (Å²) in [5, 5.41) is 3.05. The van der Waals surface area contributed by atoms with Crippen LogP contribution in [0.4, 0.5) is 15.9 Å². The van der Waals surface area contributed by atoms with Crippen molar-refractivity contribution < 1.29 is 4.39 Å². The van der Waals surface area contributed by atoms with Crippen LogP contribution in [0.2, 0.25) is 0 Å². The third-order valence-electron chi connectivity index (χ3n) is 2.32. The van der Waals surface area contributed by atoms with Crippen molar-refractivity contribution in [1.82, 2.24) is 9.97 Å². The lowest BCUT2D eigenvalue weighted by Gasteiger charge is -2.04. The fourth-order valence-corrected chi connectivity index (χ4v) is 2.27. The highest BCUT2D eigenvalue weighted by molar-refractivity contribution is 7.16. The molecule has 0 aliphatic rings. The van der Waals surface area contributed by atoms with Crippen molar-refractivity contribution in [2.75, 3.05) is 5.32 Å². The van der Waals surface area contributed by atoms with Crippen molar-refractivity contribution in [3.8, 4) is 0 Å². The third kappa shape index (κ3) is 2.09. The molecular weight excluding hydrogens is 237 g/mol. The number of nitrogens with zero attached hydrogens (tertiary/aromatic N) is 2. The van der Waals surface area contributed by atoms with Crippen molar-refractivity contribution in [3.63, 3.8) is 0 Å². The minimum Gasteiger partial charge on any atom is -0.340 e. The molecule has 0 unspecified atom stereocenters. The van der Waals surface area contributed by atoms with Crippen LogP contribution in [-0.2, 0) is 0 Å². The topological polar surface area (TPSA) is 37.8 Å². The molecule has 84 valence electrons. The number of hydrogen-bond acceptors (Lipinski definition) is 4. The van der Waals surface area contributed by atoms with E-state index >= 15 is 0 Å². The molecular formula is C12H8FN3S. The van der Waals surface area contributed by atoms with E-state index in [9.17, 15) is 4.39 Å². The molecule has 0 saturated heterocycles. The second-order valence-corrected chi connectivity index (χ2v) is 4.39. The van der Waals surface area contributed by atoms with Crippen LogP contribution < -0.4 is 5.32 Å². The third-order valence-corrected chi connectivity index (χ3v) is 3.11. The zero-order valence-electron chi connectivity index (χ0n) is 8.72. The zero-order chi connectivity index (χ0) is 11.7. The molecule has 0 aliphatic heterocycles. The lowest BCUT2D eigenvalue weighted by Crippen LogP contribution is -1.94. The van der Waals surface area contributed by atoms with E-state index in [-0.39, 0.29) is 0 Å². The van der Waals surface area contributed by atoms with Gasteiger partial charge in [0.05, 0.1) is 15.7 Å². The van der Waals surface area contributed by atoms with Gasteiger partial charge in [0.25, 0.3) is 0 Å². The first-order chi connectivity index (χ1) is 8.31. The van der Waals surface area contributed by atoms with Crippen molar-refractivity contribution in [3.05, 3.63) is 47.9 Å². The molecule has 0 amide bonds. The van der Waals surface area contributed by atoms with Gasteiger partial charge in [0, 0.05) is 5.69 Å². The van der Waals surface area contributed by atoms with Crippen LogP contribution in [0.15, 0.2) is 41.9 Å². The highest BCUT2D eigenvalue weighted by Crippen LogP contribution is 2.23. The molecule has 0 saturated carbocycles. The molecule has 0 aliphatic carbocycles. The van der Waals surface area contributed by atoms with Crippen LogP contribution >= 0.6 is 11.3 Å². The van der Waals surface area contributed by atoms with Gasteiger partial charge >= 0.3 is 0 Å². The van der Waals surface area contributed by atoms with Crippen molar-refractivity contribution in [2.24, 2.45) is 0 Å². The van der Waals surface area contributed by atoms with Gasteiger partial charge in [-0.1, -0.05) is 6.07 Å². The molecule has 2 heterocycles. The Balaban J connectivity index is 1.94. The largest absolute Gasteiger partial charge is 0.340 e. The summed E-state index contributed by atoms with van der Waals surface area (Å²) in [6.07, 6.45) is 0. The van der Waals surface area contributed by atoms with Gasteiger partial charge in [-0.25, -0.2) is 9.97 Å². The summed E-state index contributed by atoms with van der Waals surface area (Å²) in [7, 11) is 0. The first-order valence-electron chi connectivity index (χ1n) is 5.04. The number of anilines is 2. The number of halogens is 1. The van der Waals surface area contributed by atoms with Gasteiger partial charge in [-0.15, -0.1) is 11.3 Å². The standard InChI is InChI=1S/C12H8FN3S/c13-11-2-1-3-12(16-11)15-8-4-5-9-10(6-8)17-7-14-9/h1-7H,(H,15,16). The van der Waals surface area contributed by atoms with E-state index in [4.69, 9.17) is 0 Å². The van der Waals surface area contributed by atoms with Crippen LogP contribution in [0, 0.1) is 5.95 Å².